The summed E-state index contributed by atoms with van der Waals surface area (Å²) in [7, 11) is 1.55. The summed E-state index contributed by atoms with van der Waals surface area (Å²) < 4.78 is 5.07. The zero-order valence-electron chi connectivity index (χ0n) is 10.9. The van der Waals surface area contributed by atoms with Crippen molar-refractivity contribution in [3.63, 3.8) is 0 Å². The summed E-state index contributed by atoms with van der Waals surface area (Å²) in [4.78, 5) is 12.1. The zero-order valence-corrected chi connectivity index (χ0v) is 10.9. The van der Waals surface area contributed by atoms with Gasteiger partial charge in [-0.15, -0.1) is 0 Å². The first-order valence-corrected chi connectivity index (χ1v) is 6.38. The molecule has 1 aromatic carbocycles. The van der Waals surface area contributed by atoms with Gasteiger partial charge in [-0.25, -0.2) is 0 Å². The lowest BCUT2D eigenvalue weighted by Gasteiger charge is -2.12. The van der Waals surface area contributed by atoms with Crippen LogP contribution in [0.4, 0.5) is 0 Å². The molecule has 1 aromatic rings. The molecule has 0 aliphatic heterocycles. The van der Waals surface area contributed by atoms with Crippen molar-refractivity contribution >= 4 is 5.91 Å². The Kier molecular flexibility index (Phi) is 4.39. The minimum absolute atomic E-state index is 0.0489. The first-order valence-electron chi connectivity index (χ1n) is 6.38. The lowest BCUT2D eigenvalue weighted by atomic mass is 10.1. The number of carbonyl (C=O) groups excluding carboxylic acids is 1. The lowest BCUT2D eigenvalue weighted by molar-refractivity contribution is 0.0903. The molecule has 3 N–H and O–H groups in total. The standard InChI is InChI=1S/C14H19NO4/c1-19-12-4-2-3-9(6-12)14(18)15-11-5-10(8-16)13(17)7-11/h2-4,6,10-11,13,16-17H,5,7-8H2,1H3,(H,15,18)/t10-,11-,13-/m1/s1. The maximum atomic E-state index is 12.1. The number of aliphatic hydroxyl groups excluding tert-OH is 2. The van der Waals surface area contributed by atoms with Gasteiger partial charge in [0.25, 0.3) is 5.91 Å². The zero-order chi connectivity index (χ0) is 13.8. The first kappa shape index (κ1) is 13.8. The molecule has 1 aliphatic carbocycles. The number of benzene rings is 1. The van der Waals surface area contributed by atoms with E-state index in [1.165, 1.54) is 0 Å². The third kappa shape index (κ3) is 3.24. The molecule has 2 rings (SSSR count). The number of methoxy groups -OCH3 is 1. The fourth-order valence-electron chi connectivity index (χ4n) is 2.45. The molecule has 3 atom stereocenters. The van der Waals surface area contributed by atoms with E-state index < -0.39 is 6.10 Å². The van der Waals surface area contributed by atoms with E-state index in [0.29, 0.717) is 24.2 Å². The van der Waals surface area contributed by atoms with E-state index in [9.17, 15) is 9.90 Å². The number of amides is 1. The van der Waals surface area contributed by atoms with Crippen LogP contribution in [-0.4, -0.2) is 42.0 Å². The molecule has 0 heterocycles. The van der Waals surface area contributed by atoms with Crippen LogP contribution in [0.15, 0.2) is 24.3 Å². The van der Waals surface area contributed by atoms with Crippen LogP contribution in [0.25, 0.3) is 0 Å². The Hall–Kier alpha value is -1.59. The van der Waals surface area contributed by atoms with Crippen LogP contribution in [0.3, 0.4) is 0 Å². The minimum Gasteiger partial charge on any atom is -0.497 e. The van der Waals surface area contributed by atoms with Gasteiger partial charge < -0.3 is 20.3 Å². The SMILES string of the molecule is COc1cccc(C(=O)N[C@@H]2C[C@H](CO)[C@H](O)C2)c1. The van der Waals surface area contributed by atoms with E-state index in [0.717, 1.165) is 0 Å². The summed E-state index contributed by atoms with van der Waals surface area (Å²) >= 11 is 0. The van der Waals surface area contributed by atoms with Crippen molar-refractivity contribution in [1.29, 1.82) is 0 Å². The number of hydrogen-bond acceptors (Lipinski definition) is 4. The molecule has 1 aliphatic rings. The van der Waals surface area contributed by atoms with Crippen molar-refractivity contribution in [1.82, 2.24) is 5.32 Å². The number of nitrogens with one attached hydrogen (secondary N) is 1. The quantitative estimate of drug-likeness (QED) is 0.743. The van der Waals surface area contributed by atoms with Crippen LogP contribution in [0.1, 0.15) is 23.2 Å². The molecule has 0 spiro atoms. The lowest BCUT2D eigenvalue weighted by Crippen LogP contribution is -2.33. The summed E-state index contributed by atoms with van der Waals surface area (Å²) in [5, 5.41) is 21.7. The highest BCUT2D eigenvalue weighted by Gasteiger charge is 2.33. The van der Waals surface area contributed by atoms with E-state index in [1.807, 2.05) is 0 Å². The van der Waals surface area contributed by atoms with E-state index in [-0.39, 0.29) is 24.5 Å². The summed E-state index contributed by atoms with van der Waals surface area (Å²) in [6, 6.07) is 6.83. The van der Waals surface area contributed by atoms with Crippen LogP contribution in [-0.2, 0) is 0 Å². The van der Waals surface area contributed by atoms with Gasteiger partial charge in [0.05, 0.1) is 13.2 Å². The van der Waals surface area contributed by atoms with Gasteiger partial charge >= 0.3 is 0 Å². The number of rotatable bonds is 4. The average Bonchev–Trinajstić information content (AvgIpc) is 2.78. The summed E-state index contributed by atoms with van der Waals surface area (Å²) in [6.07, 6.45) is 0.550. The van der Waals surface area contributed by atoms with Gasteiger partial charge in [0, 0.05) is 24.1 Å². The van der Waals surface area contributed by atoms with Gasteiger partial charge in [-0.1, -0.05) is 6.07 Å². The average molecular weight is 265 g/mol. The Balaban J connectivity index is 1.98. The van der Waals surface area contributed by atoms with Crippen molar-refractivity contribution < 1.29 is 19.7 Å². The van der Waals surface area contributed by atoms with Crippen molar-refractivity contribution in [3.8, 4) is 5.75 Å². The molecule has 5 nitrogen and oxygen atoms in total. The molecule has 104 valence electrons. The maximum absolute atomic E-state index is 12.1. The Bertz CT molecular complexity index is 449. The van der Waals surface area contributed by atoms with Crippen molar-refractivity contribution in [2.45, 2.75) is 25.0 Å². The normalized spacial score (nSPS) is 26.2. The van der Waals surface area contributed by atoms with E-state index >= 15 is 0 Å². The predicted octanol–water partition coefficient (Wildman–Crippen LogP) is 0.557. The molecule has 0 bridgehead atoms. The second-order valence-electron chi connectivity index (χ2n) is 4.88. The number of carbonyl (C=O) groups is 1. The van der Waals surface area contributed by atoms with Gasteiger partial charge in [-0.05, 0) is 31.0 Å². The Labute approximate surface area is 112 Å². The molecule has 1 saturated carbocycles. The van der Waals surface area contributed by atoms with E-state index in [1.54, 1.807) is 31.4 Å². The molecule has 5 heteroatoms. The van der Waals surface area contributed by atoms with Crippen LogP contribution < -0.4 is 10.1 Å². The van der Waals surface area contributed by atoms with E-state index in [4.69, 9.17) is 9.84 Å². The van der Waals surface area contributed by atoms with Crippen LogP contribution in [0, 0.1) is 5.92 Å². The van der Waals surface area contributed by atoms with Gasteiger partial charge in [-0.3, -0.25) is 4.79 Å². The van der Waals surface area contributed by atoms with Gasteiger partial charge in [0.1, 0.15) is 5.75 Å². The largest absolute Gasteiger partial charge is 0.497 e. The second-order valence-corrected chi connectivity index (χ2v) is 4.88. The summed E-state index contributed by atoms with van der Waals surface area (Å²) in [5.41, 5.74) is 0.529. The van der Waals surface area contributed by atoms with Crippen LogP contribution in [0.5, 0.6) is 5.75 Å². The summed E-state index contributed by atoms with van der Waals surface area (Å²) in [5.74, 6) is 0.303. The highest BCUT2D eigenvalue weighted by molar-refractivity contribution is 5.94. The third-order valence-corrected chi connectivity index (χ3v) is 3.56. The molecule has 0 aromatic heterocycles. The van der Waals surface area contributed by atoms with Gasteiger partial charge in [0.15, 0.2) is 0 Å². The Morgan fingerprint density at radius 1 is 1.47 bits per heavy atom. The number of hydrogen-bond donors (Lipinski definition) is 3. The molecule has 19 heavy (non-hydrogen) atoms. The first-order chi connectivity index (χ1) is 9.13. The highest BCUT2D eigenvalue weighted by atomic mass is 16.5. The van der Waals surface area contributed by atoms with Crippen LogP contribution >= 0.6 is 0 Å². The fourth-order valence-corrected chi connectivity index (χ4v) is 2.45. The molecule has 0 radical (unpaired) electrons. The van der Waals surface area contributed by atoms with Crippen molar-refractivity contribution in [2.24, 2.45) is 5.92 Å². The Morgan fingerprint density at radius 2 is 2.26 bits per heavy atom. The van der Waals surface area contributed by atoms with E-state index in [2.05, 4.69) is 5.32 Å². The molecule has 1 fully saturated rings. The van der Waals surface area contributed by atoms with Gasteiger partial charge in [-0.2, -0.15) is 0 Å². The maximum Gasteiger partial charge on any atom is 0.251 e. The molecule has 0 unspecified atom stereocenters. The smallest absolute Gasteiger partial charge is 0.251 e. The second kappa shape index (κ2) is 6.04. The molecular formula is C14H19NO4. The predicted molar refractivity (Wildman–Crippen MR) is 70.1 cm³/mol. The number of ether oxygens (including phenoxy) is 1. The molecule has 1 amide bonds. The van der Waals surface area contributed by atoms with Crippen molar-refractivity contribution in [3.05, 3.63) is 29.8 Å². The Morgan fingerprint density at radius 3 is 2.89 bits per heavy atom. The van der Waals surface area contributed by atoms with Gasteiger partial charge in [0.2, 0.25) is 0 Å². The number of aliphatic hydroxyl groups is 2. The molecule has 0 saturated heterocycles. The molecular weight excluding hydrogens is 246 g/mol. The monoisotopic (exact) mass is 265 g/mol. The third-order valence-electron chi connectivity index (χ3n) is 3.56. The highest BCUT2D eigenvalue weighted by Crippen LogP contribution is 2.26. The van der Waals surface area contributed by atoms with Crippen molar-refractivity contribution in [2.75, 3.05) is 13.7 Å². The topological polar surface area (TPSA) is 78.8 Å². The minimum atomic E-state index is -0.541. The van der Waals surface area contributed by atoms with Crippen LogP contribution in [0.2, 0.25) is 0 Å². The summed E-state index contributed by atoms with van der Waals surface area (Å²) in [6.45, 7) is -0.0489. The fraction of sp³-hybridized carbons (Fsp3) is 0.500.